The van der Waals surface area contributed by atoms with E-state index >= 15 is 0 Å². The van der Waals surface area contributed by atoms with Gasteiger partial charge in [0.1, 0.15) is 6.54 Å². The van der Waals surface area contributed by atoms with Crippen molar-refractivity contribution in [1.29, 1.82) is 0 Å². The summed E-state index contributed by atoms with van der Waals surface area (Å²) in [5.41, 5.74) is 2.03. The number of carbonyl (C=O) groups excluding carboxylic acids is 3. The summed E-state index contributed by atoms with van der Waals surface area (Å²) in [6.07, 6.45) is 0. The minimum atomic E-state index is -0.630. The van der Waals surface area contributed by atoms with Crippen LogP contribution in [0.3, 0.4) is 0 Å². The fourth-order valence-corrected chi connectivity index (χ4v) is 1.55. The van der Waals surface area contributed by atoms with E-state index in [2.05, 4.69) is 5.32 Å². The SMILES string of the molecule is Cc1ccc(C(=O)NCC(=O)OCC(=O)C(C)(C)C)cc1C. The van der Waals surface area contributed by atoms with Crippen LogP contribution in [0.4, 0.5) is 0 Å². The van der Waals surface area contributed by atoms with Gasteiger partial charge in [-0.2, -0.15) is 0 Å². The van der Waals surface area contributed by atoms with Gasteiger partial charge in [-0.05, 0) is 37.1 Å². The molecule has 0 aliphatic carbocycles. The maximum Gasteiger partial charge on any atom is 0.325 e. The third-order valence-corrected chi connectivity index (χ3v) is 3.36. The van der Waals surface area contributed by atoms with Crippen molar-refractivity contribution in [1.82, 2.24) is 5.32 Å². The second kappa shape index (κ2) is 7.20. The highest BCUT2D eigenvalue weighted by atomic mass is 16.5. The van der Waals surface area contributed by atoms with Gasteiger partial charge in [0.25, 0.3) is 5.91 Å². The van der Waals surface area contributed by atoms with Crippen molar-refractivity contribution in [2.24, 2.45) is 5.41 Å². The molecule has 1 N–H and O–H groups in total. The largest absolute Gasteiger partial charge is 0.456 e. The normalized spacial score (nSPS) is 11.0. The minimum Gasteiger partial charge on any atom is -0.456 e. The lowest BCUT2D eigenvalue weighted by Gasteiger charge is -2.16. The van der Waals surface area contributed by atoms with E-state index in [1.165, 1.54) is 0 Å². The number of ether oxygens (including phenoxy) is 1. The summed E-state index contributed by atoms with van der Waals surface area (Å²) >= 11 is 0. The Labute approximate surface area is 131 Å². The Balaban J connectivity index is 2.45. The molecule has 0 heterocycles. The maximum atomic E-state index is 11.9. The van der Waals surface area contributed by atoms with Gasteiger partial charge in [0.2, 0.25) is 0 Å². The van der Waals surface area contributed by atoms with E-state index < -0.39 is 11.4 Å². The van der Waals surface area contributed by atoms with Crippen molar-refractivity contribution in [3.63, 3.8) is 0 Å². The molecule has 1 aromatic carbocycles. The zero-order chi connectivity index (χ0) is 16.9. The summed E-state index contributed by atoms with van der Waals surface area (Å²) in [5, 5.41) is 2.48. The van der Waals surface area contributed by atoms with Gasteiger partial charge < -0.3 is 10.1 Å². The summed E-state index contributed by atoms with van der Waals surface area (Å²) in [7, 11) is 0. The van der Waals surface area contributed by atoms with Crippen molar-refractivity contribution < 1.29 is 19.1 Å². The molecule has 0 aliphatic heterocycles. The van der Waals surface area contributed by atoms with E-state index in [1.807, 2.05) is 19.9 Å². The fraction of sp³-hybridized carbons (Fsp3) is 0.471. The first-order chi connectivity index (χ1) is 10.1. The van der Waals surface area contributed by atoms with Crippen molar-refractivity contribution >= 4 is 17.7 Å². The molecule has 0 bridgehead atoms. The van der Waals surface area contributed by atoms with E-state index in [9.17, 15) is 14.4 Å². The number of benzene rings is 1. The topological polar surface area (TPSA) is 72.5 Å². The van der Waals surface area contributed by atoms with Crippen LogP contribution >= 0.6 is 0 Å². The van der Waals surface area contributed by atoms with Gasteiger partial charge in [-0.1, -0.05) is 26.8 Å². The smallest absolute Gasteiger partial charge is 0.325 e. The van der Waals surface area contributed by atoms with Crippen molar-refractivity contribution in [3.05, 3.63) is 34.9 Å². The molecule has 1 aromatic rings. The van der Waals surface area contributed by atoms with E-state index in [4.69, 9.17) is 4.74 Å². The summed E-state index contributed by atoms with van der Waals surface area (Å²) in [4.78, 5) is 35.1. The minimum absolute atomic E-state index is 0.165. The Kier molecular flexibility index (Phi) is 5.85. The summed E-state index contributed by atoms with van der Waals surface area (Å²) < 4.78 is 4.86. The fourth-order valence-electron chi connectivity index (χ4n) is 1.55. The van der Waals surface area contributed by atoms with Gasteiger partial charge in [0.15, 0.2) is 12.4 Å². The number of hydrogen-bond acceptors (Lipinski definition) is 4. The number of hydrogen-bond donors (Lipinski definition) is 1. The van der Waals surface area contributed by atoms with Crippen LogP contribution in [0, 0.1) is 19.3 Å². The average Bonchev–Trinajstić information content (AvgIpc) is 2.43. The van der Waals surface area contributed by atoms with E-state index in [0.717, 1.165) is 11.1 Å². The molecule has 5 heteroatoms. The number of aryl methyl sites for hydroxylation is 2. The predicted molar refractivity (Wildman–Crippen MR) is 83.7 cm³/mol. The van der Waals surface area contributed by atoms with E-state index in [0.29, 0.717) is 5.56 Å². The Hall–Kier alpha value is -2.17. The molecule has 0 radical (unpaired) electrons. The van der Waals surface area contributed by atoms with Gasteiger partial charge in [0.05, 0.1) is 0 Å². The number of rotatable bonds is 5. The molecular formula is C17H23NO4. The molecule has 0 saturated heterocycles. The van der Waals surface area contributed by atoms with Gasteiger partial charge in [-0.3, -0.25) is 14.4 Å². The van der Waals surface area contributed by atoms with Gasteiger partial charge in [-0.15, -0.1) is 0 Å². The van der Waals surface area contributed by atoms with Crippen LogP contribution < -0.4 is 5.32 Å². The average molecular weight is 305 g/mol. The molecule has 0 aliphatic rings. The third-order valence-electron chi connectivity index (χ3n) is 3.36. The molecule has 22 heavy (non-hydrogen) atoms. The van der Waals surface area contributed by atoms with Crippen LogP contribution in [-0.4, -0.2) is 30.8 Å². The molecule has 0 fully saturated rings. The standard InChI is InChI=1S/C17H23NO4/c1-11-6-7-13(8-12(11)2)16(21)18-9-15(20)22-10-14(19)17(3,4)5/h6-8H,9-10H2,1-5H3,(H,18,21). The van der Waals surface area contributed by atoms with Gasteiger partial charge in [-0.25, -0.2) is 0 Å². The van der Waals surface area contributed by atoms with Crippen LogP contribution in [0.1, 0.15) is 42.3 Å². The molecule has 0 aromatic heterocycles. The van der Waals surface area contributed by atoms with Crippen LogP contribution in [0.2, 0.25) is 0 Å². The maximum absolute atomic E-state index is 11.9. The molecule has 0 atom stereocenters. The number of carbonyl (C=O) groups is 3. The quantitative estimate of drug-likeness (QED) is 0.846. The zero-order valence-corrected chi connectivity index (χ0v) is 13.8. The monoisotopic (exact) mass is 305 g/mol. The second-order valence-corrected chi connectivity index (χ2v) is 6.32. The van der Waals surface area contributed by atoms with Crippen molar-refractivity contribution in [2.75, 3.05) is 13.2 Å². The lowest BCUT2D eigenvalue weighted by molar-refractivity contribution is -0.149. The first-order valence-electron chi connectivity index (χ1n) is 7.15. The predicted octanol–water partition coefficient (Wildman–Crippen LogP) is 2.19. The molecule has 0 unspecified atom stereocenters. The highest BCUT2D eigenvalue weighted by Crippen LogP contribution is 2.14. The molecule has 1 rings (SSSR count). The summed E-state index contributed by atoms with van der Waals surface area (Å²) in [5.74, 6) is -1.14. The second-order valence-electron chi connectivity index (χ2n) is 6.32. The molecule has 5 nitrogen and oxygen atoms in total. The summed E-state index contributed by atoms with van der Waals surface area (Å²) in [6.45, 7) is 8.60. The Morgan fingerprint density at radius 1 is 1.09 bits per heavy atom. The highest BCUT2D eigenvalue weighted by molar-refractivity contribution is 5.96. The Bertz CT molecular complexity index is 585. The first-order valence-corrected chi connectivity index (χ1v) is 7.15. The number of esters is 1. The van der Waals surface area contributed by atoms with Crippen LogP contribution in [0.5, 0.6) is 0 Å². The Morgan fingerprint density at radius 3 is 2.27 bits per heavy atom. The molecule has 0 saturated carbocycles. The van der Waals surface area contributed by atoms with E-state index in [-0.39, 0.29) is 24.8 Å². The molecule has 0 spiro atoms. The van der Waals surface area contributed by atoms with E-state index in [1.54, 1.807) is 32.9 Å². The number of Topliss-reactive ketones (excluding diaryl/α,β-unsaturated/α-hetero) is 1. The third kappa shape index (κ3) is 5.31. The van der Waals surface area contributed by atoms with Crippen LogP contribution in [-0.2, 0) is 14.3 Å². The molecule has 1 amide bonds. The molecule has 120 valence electrons. The number of amides is 1. The summed E-state index contributed by atoms with van der Waals surface area (Å²) in [6, 6.07) is 5.32. The lowest BCUT2D eigenvalue weighted by Crippen LogP contribution is -2.33. The van der Waals surface area contributed by atoms with Crippen molar-refractivity contribution in [3.8, 4) is 0 Å². The first kappa shape index (κ1) is 17.9. The van der Waals surface area contributed by atoms with Crippen LogP contribution in [0.25, 0.3) is 0 Å². The van der Waals surface area contributed by atoms with Gasteiger partial charge >= 0.3 is 5.97 Å². The number of ketones is 1. The van der Waals surface area contributed by atoms with Gasteiger partial charge in [0, 0.05) is 11.0 Å². The highest BCUT2D eigenvalue weighted by Gasteiger charge is 2.22. The molecular weight excluding hydrogens is 282 g/mol. The zero-order valence-electron chi connectivity index (χ0n) is 13.8. The Morgan fingerprint density at radius 2 is 1.73 bits per heavy atom. The lowest BCUT2D eigenvalue weighted by atomic mass is 9.91. The van der Waals surface area contributed by atoms with Crippen LogP contribution in [0.15, 0.2) is 18.2 Å². The number of nitrogens with one attached hydrogen (secondary N) is 1. The van der Waals surface area contributed by atoms with Crippen molar-refractivity contribution in [2.45, 2.75) is 34.6 Å².